The summed E-state index contributed by atoms with van der Waals surface area (Å²) >= 11 is 0. The SMILES string of the molecule is COc1c(O)c(C=CC(=O)NN)cc2ccoc12. The Balaban J connectivity index is 2.54. The van der Waals surface area contributed by atoms with Crippen molar-refractivity contribution in [1.29, 1.82) is 0 Å². The smallest absolute Gasteiger partial charge is 0.257 e. The van der Waals surface area contributed by atoms with E-state index in [4.69, 9.17) is 15.0 Å². The number of nitrogens with one attached hydrogen (secondary N) is 1. The third-order valence-corrected chi connectivity index (χ3v) is 2.46. The summed E-state index contributed by atoms with van der Waals surface area (Å²) in [7, 11) is 1.43. The second-order valence-electron chi connectivity index (χ2n) is 3.53. The fourth-order valence-corrected chi connectivity index (χ4v) is 1.62. The van der Waals surface area contributed by atoms with Crippen molar-refractivity contribution in [1.82, 2.24) is 5.43 Å². The first-order valence-electron chi connectivity index (χ1n) is 5.13. The van der Waals surface area contributed by atoms with Gasteiger partial charge in [-0.1, -0.05) is 0 Å². The van der Waals surface area contributed by atoms with Crippen LogP contribution in [-0.2, 0) is 4.79 Å². The van der Waals surface area contributed by atoms with Crippen LogP contribution < -0.4 is 16.0 Å². The number of furan rings is 1. The molecular formula is C12H12N2O4. The van der Waals surface area contributed by atoms with Crippen molar-refractivity contribution < 1.29 is 19.1 Å². The van der Waals surface area contributed by atoms with Gasteiger partial charge in [-0.25, -0.2) is 5.84 Å². The second-order valence-corrected chi connectivity index (χ2v) is 3.53. The predicted molar refractivity (Wildman–Crippen MR) is 65.8 cm³/mol. The number of hydrogen-bond acceptors (Lipinski definition) is 5. The van der Waals surface area contributed by atoms with E-state index in [-0.39, 0.29) is 11.5 Å². The average molecular weight is 248 g/mol. The average Bonchev–Trinajstić information content (AvgIpc) is 2.83. The molecule has 0 fully saturated rings. The van der Waals surface area contributed by atoms with Crippen LogP contribution >= 0.6 is 0 Å². The fraction of sp³-hybridized carbons (Fsp3) is 0.0833. The van der Waals surface area contributed by atoms with Gasteiger partial charge in [0, 0.05) is 17.0 Å². The van der Waals surface area contributed by atoms with E-state index < -0.39 is 5.91 Å². The zero-order chi connectivity index (χ0) is 13.1. The number of ether oxygens (including phenoxy) is 1. The minimum absolute atomic E-state index is 0.0963. The molecule has 2 aromatic rings. The van der Waals surface area contributed by atoms with Gasteiger partial charge in [0.1, 0.15) is 0 Å². The molecule has 0 bridgehead atoms. The lowest BCUT2D eigenvalue weighted by molar-refractivity contribution is -0.116. The van der Waals surface area contributed by atoms with Gasteiger partial charge < -0.3 is 14.3 Å². The van der Waals surface area contributed by atoms with E-state index >= 15 is 0 Å². The van der Waals surface area contributed by atoms with Gasteiger partial charge >= 0.3 is 0 Å². The predicted octanol–water partition coefficient (Wildman–Crippen LogP) is 1.15. The molecule has 2 rings (SSSR count). The Bertz CT molecular complexity index is 616. The lowest BCUT2D eigenvalue weighted by atomic mass is 10.1. The van der Waals surface area contributed by atoms with E-state index in [1.54, 1.807) is 12.1 Å². The van der Waals surface area contributed by atoms with Crippen molar-refractivity contribution in [3.8, 4) is 11.5 Å². The number of hydrazine groups is 1. The molecule has 0 radical (unpaired) electrons. The lowest BCUT2D eigenvalue weighted by Crippen LogP contribution is -2.27. The van der Waals surface area contributed by atoms with Crippen LogP contribution in [-0.4, -0.2) is 18.1 Å². The molecule has 1 aromatic heterocycles. The van der Waals surface area contributed by atoms with Crippen LogP contribution in [0.25, 0.3) is 17.0 Å². The Morgan fingerprint density at radius 1 is 1.61 bits per heavy atom. The van der Waals surface area contributed by atoms with E-state index in [1.807, 2.05) is 5.43 Å². The quantitative estimate of drug-likeness (QED) is 0.327. The molecule has 1 heterocycles. The molecule has 0 atom stereocenters. The van der Waals surface area contributed by atoms with Gasteiger partial charge in [0.25, 0.3) is 5.91 Å². The van der Waals surface area contributed by atoms with Crippen molar-refractivity contribution >= 4 is 23.0 Å². The van der Waals surface area contributed by atoms with E-state index in [2.05, 4.69) is 0 Å². The van der Waals surface area contributed by atoms with Crippen molar-refractivity contribution in [3.05, 3.63) is 30.0 Å². The highest BCUT2D eigenvalue weighted by atomic mass is 16.5. The molecule has 0 saturated carbocycles. The molecule has 0 unspecified atom stereocenters. The Kier molecular flexibility index (Phi) is 3.20. The topological polar surface area (TPSA) is 97.7 Å². The number of amides is 1. The number of fused-ring (bicyclic) bond motifs is 1. The van der Waals surface area contributed by atoms with E-state index in [1.165, 1.54) is 25.5 Å². The highest BCUT2D eigenvalue weighted by Crippen LogP contribution is 2.39. The maximum Gasteiger partial charge on any atom is 0.257 e. The molecule has 18 heavy (non-hydrogen) atoms. The Hall–Kier alpha value is -2.47. The van der Waals surface area contributed by atoms with Crippen LogP contribution in [0.4, 0.5) is 0 Å². The third kappa shape index (κ3) is 2.01. The minimum Gasteiger partial charge on any atom is -0.504 e. The van der Waals surface area contributed by atoms with Crippen LogP contribution in [0.1, 0.15) is 5.56 Å². The normalized spacial score (nSPS) is 11.0. The number of aromatic hydroxyl groups is 1. The van der Waals surface area contributed by atoms with Gasteiger partial charge in [0.05, 0.1) is 13.4 Å². The maximum absolute atomic E-state index is 11.0. The van der Waals surface area contributed by atoms with Crippen molar-refractivity contribution in [2.75, 3.05) is 7.11 Å². The summed E-state index contributed by atoms with van der Waals surface area (Å²) < 4.78 is 10.3. The number of hydrogen-bond donors (Lipinski definition) is 3. The minimum atomic E-state index is -0.472. The zero-order valence-corrected chi connectivity index (χ0v) is 9.64. The van der Waals surface area contributed by atoms with Crippen LogP contribution in [0, 0.1) is 0 Å². The van der Waals surface area contributed by atoms with E-state index in [9.17, 15) is 9.90 Å². The van der Waals surface area contributed by atoms with Gasteiger partial charge in [-0.05, 0) is 18.2 Å². The summed E-state index contributed by atoms with van der Waals surface area (Å²) in [6, 6.07) is 3.41. The molecule has 94 valence electrons. The monoisotopic (exact) mass is 248 g/mol. The first-order chi connectivity index (χ1) is 8.67. The van der Waals surface area contributed by atoms with Crippen molar-refractivity contribution in [2.24, 2.45) is 5.84 Å². The van der Waals surface area contributed by atoms with Gasteiger partial charge in [-0.15, -0.1) is 0 Å². The Labute approximate surface area is 103 Å². The molecule has 0 aliphatic rings. The lowest BCUT2D eigenvalue weighted by Gasteiger charge is -2.06. The summed E-state index contributed by atoms with van der Waals surface area (Å²) in [5, 5.41) is 10.8. The molecule has 0 aliphatic heterocycles. The molecule has 0 saturated heterocycles. The number of carbonyl (C=O) groups is 1. The summed E-state index contributed by atoms with van der Waals surface area (Å²) in [6.07, 6.45) is 4.14. The molecule has 6 heteroatoms. The van der Waals surface area contributed by atoms with Gasteiger partial charge in [0.2, 0.25) is 5.75 Å². The zero-order valence-electron chi connectivity index (χ0n) is 9.64. The molecule has 6 nitrogen and oxygen atoms in total. The number of phenolic OH excluding ortho intramolecular Hbond substituents is 1. The summed E-state index contributed by atoms with van der Waals surface area (Å²) in [4.78, 5) is 11.0. The second kappa shape index (κ2) is 4.80. The maximum atomic E-state index is 11.0. The fourth-order valence-electron chi connectivity index (χ4n) is 1.62. The number of phenols is 1. The van der Waals surface area contributed by atoms with Crippen LogP contribution in [0.5, 0.6) is 11.5 Å². The third-order valence-electron chi connectivity index (χ3n) is 2.46. The number of carbonyl (C=O) groups excluding carboxylic acids is 1. The van der Waals surface area contributed by atoms with Gasteiger partial charge in [0.15, 0.2) is 11.3 Å². The number of rotatable bonds is 3. The Morgan fingerprint density at radius 3 is 3.06 bits per heavy atom. The largest absolute Gasteiger partial charge is 0.504 e. The first kappa shape index (κ1) is 12.0. The number of nitrogens with two attached hydrogens (primary N) is 1. The standard InChI is InChI=1S/C12H12N2O4/c1-17-12-10(16)7(2-3-9(15)14-13)6-8-4-5-18-11(8)12/h2-6,16H,13H2,1H3,(H,14,15). The van der Waals surface area contributed by atoms with Crippen molar-refractivity contribution in [3.63, 3.8) is 0 Å². The highest BCUT2D eigenvalue weighted by Gasteiger charge is 2.14. The molecule has 0 aliphatic carbocycles. The van der Waals surface area contributed by atoms with E-state index in [0.717, 1.165) is 5.39 Å². The molecule has 4 N–H and O–H groups in total. The first-order valence-corrected chi connectivity index (χ1v) is 5.13. The molecule has 1 aromatic carbocycles. The van der Waals surface area contributed by atoms with Crippen molar-refractivity contribution in [2.45, 2.75) is 0 Å². The summed E-state index contributed by atoms with van der Waals surface area (Å²) in [5.41, 5.74) is 2.85. The highest BCUT2D eigenvalue weighted by molar-refractivity contribution is 5.94. The molecule has 1 amide bonds. The van der Waals surface area contributed by atoms with E-state index in [0.29, 0.717) is 11.1 Å². The van der Waals surface area contributed by atoms with Gasteiger partial charge in [-0.2, -0.15) is 0 Å². The summed E-state index contributed by atoms with van der Waals surface area (Å²) in [6.45, 7) is 0. The van der Waals surface area contributed by atoms with Crippen LogP contribution in [0.3, 0.4) is 0 Å². The molecule has 0 spiro atoms. The molecular weight excluding hydrogens is 236 g/mol. The summed E-state index contributed by atoms with van der Waals surface area (Å²) in [5.74, 6) is 4.61. The number of methoxy groups -OCH3 is 1. The van der Waals surface area contributed by atoms with Crippen LogP contribution in [0.15, 0.2) is 28.9 Å². The Morgan fingerprint density at radius 2 is 2.39 bits per heavy atom. The van der Waals surface area contributed by atoms with Gasteiger partial charge in [-0.3, -0.25) is 10.2 Å². The number of benzene rings is 1. The van der Waals surface area contributed by atoms with Crippen LogP contribution in [0.2, 0.25) is 0 Å².